The van der Waals surface area contributed by atoms with E-state index in [0.29, 0.717) is 0 Å². The Morgan fingerprint density at radius 3 is 2.32 bits per heavy atom. The van der Waals surface area contributed by atoms with Crippen LogP contribution < -0.4 is 0 Å². The first kappa shape index (κ1) is 16.1. The Balaban J connectivity index is 1.52. The van der Waals surface area contributed by atoms with Gasteiger partial charge < -0.3 is 9.30 Å². The molecule has 1 aliphatic heterocycles. The predicted octanol–water partition coefficient (Wildman–Crippen LogP) is 4.63. The molecule has 0 unspecified atom stereocenters. The molecule has 128 valence electrons. The summed E-state index contributed by atoms with van der Waals surface area (Å²) in [7, 11) is 0. The molecule has 1 saturated heterocycles. The van der Waals surface area contributed by atoms with Crippen LogP contribution in [-0.4, -0.2) is 22.6 Å². The first-order chi connectivity index (χ1) is 12.2. The number of hydrogen-bond acceptors (Lipinski definition) is 2. The van der Waals surface area contributed by atoms with E-state index in [1.165, 1.54) is 27.9 Å². The fraction of sp³-hybridized carbons (Fsp3) is 0.273. The Morgan fingerprint density at radius 2 is 1.60 bits per heavy atom. The van der Waals surface area contributed by atoms with Gasteiger partial charge in [-0.1, -0.05) is 47.5 Å². The number of rotatable bonds is 4. The van der Waals surface area contributed by atoms with Crippen molar-refractivity contribution >= 4 is 0 Å². The Morgan fingerprint density at radius 1 is 0.920 bits per heavy atom. The summed E-state index contributed by atoms with van der Waals surface area (Å²) in [5.41, 5.74) is 6.30. The molecule has 1 aromatic heterocycles. The lowest BCUT2D eigenvalue weighted by Gasteiger charge is -2.22. The highest BCUT2D eigenvalue weighted by Gasteiger charge is 2.27. The Kier molecular flexibility index (Phi) is 4.43. The number of benzene rings is 2. The van der Waals surface area contributed by atoms with Crippen molar-refractivity contribution in [3.8, 4) is 5.69 Å². The van der Waals surface area contributed by atoms with Gasteiger partial charge in [0.2, 0.25) is 0 Å². The molecule has 0 spiro atoms. The van der Waals surface area contributed by atoms with Crippen molar-refractivity contribution in [2.75, 3.05) is 13.2 Å². The van der Waals surface area contributed by atoms with E-state index in [9.17, 15) is 0 Å². The molecule has 3 nitrogen and oxygen atoms in total. The van der Waals surface area contributed by atoms with Crippen LogP contribution in [0.1, 0.15) is 28.5 Å². The highest BCUT2D eigenvalue weighted by Crippen LogP contribution is 2.29. The quantitative estimate of drug-likeness (QED) is 0.693. The molecular weight excluding hydrogens is 308 g/mol. The predicted molar refractivity (Wildman–Crippen MR) is 101 cm³/mol. The molecule has 0 saturated carbocycles. The Hall–Kier alpha value is -2.36. The molecule has 1 atom stereocenters. The van der Waals surface area contributed by atoms with Crippen molar-refractivity contribution in [3.05, 3.63) is 89.2 Å². The number of aryl methyl sites for hydroxylation is 2. The van der Waals surface area contributed by atoms with Gasteiger partial charge in [0.25, 0.3) is 0 Å². The fourth-order valence-electron chi connectivity index (χ4n) is 3.34. The second-order valence-corrected chi connectivity index (χ2v) is 6.87. The molecule has 4 rings (SSSR count). The van der Waals surface area contributed by atoms with Crippen LogP contribution in [0.15, 0.2) is 67.0 Å². The first-order valence-electron chi connectivity index (χ1n) is 8.85. The topological polar surface area (TPSA) is 17.4 Å². The summed E-state index contributed by atoms with van der Waals surface area (Å²) < 4.78 is 8.20. The summed E-state index contributed by atoms with van der Waals surface area (Å²) in [6.07, 6.45) is 4.34. The van der Waals surface area contributed by atoms with E-state index in [4.69, 9.17) is 4.74 Å². The van der Waals surface area contributed by atoms with Crippen molar-refractivity contribution in [1.29, 1.82) is 0 Å². The van der Waals surface area contributed by atoms with Crippen LogP contribution in [0.4, 0.5) is 0 Å². The Labute approximate surface area is 149 Å². The molecule has 0 radical (unpaired) electrons. The molecular formula is C22H24N2O. The molecule has 0 N–H and O–H groups in total. The van der Waals surface area contributed by atoms with Crippen LogP contribution in [0, 0.1) is 13.8 Å². The summed E-state index contributed by atoms with van der Waals surface area (Å²) in [6, 6.07) is 19.5. The van der Waals surface area contributed by atoms with Gasteiger partial charge in [-0.3, -0.25) is 4.90 Å². The van der Waals surface area contributed by atoms with Gasteiger partial charge in [-0.2, -0.15) is 0 Å². The van der Waals surface area contributed by atoms with E-state index in [1.807, 2.05) is 0 Å². The van der Waals surface area contributed by atoms with Gasteiger partial charge in [0.15, 0.2) is 0 Å². The third kappa shape index (κ3) is 3.53. The highest BCUT2D eigenvalue weighted by molar-refractivity contribution is 5.36. The van der Waals surface area contributed by atoms with Crippen molar-refractivity contribution in [2.45, 2.75) is 26.6 Å². The van der Waals surface area contributed by atoms with Crippen LogP contribution in [-0.2, 0) is 11.3 Å². The minimum Gasteiger partial charge on any atom is -0.357 e. The average Bonchev–Trinajstić information content (AvgIpc) is 3.27. The largest absolute Gasteiger partial charge is 0.357 e. The molecule has 0 amide bonds. The maximum Gasteiger partial charge on any atom is 0.138 e. The number of ether oxygens (including phenoxy) is 1. The van der Waals surface area contributed by atoms with Crippen molar-refractivity contribution < 1.29 is 4.74 Å². The minimum atomic E-state index is 0.0352. The van der Waals surface area contributed by atoms with Gasteiger partial charge in [-0.05, 0) is 37.6 Å². The number of aromatic nitrogens is 1. The van der Waals surface area contributed by atoms with Crippen LogP contribution in [0.3, 0.4) is 0 Å². The van der Waals surface area contributed by atoms with E-state index in [-0.39, 0.29) is 6.23 Å². The zero-order valence-electron chi connectivity index (χ0n) is 14.9. The molecule has 3 heteroatoms. The second-order valence-electron chi connectivity index (χ2n) is 6.87. The SMILES string of the molecule is Cc1ccc(CN2CCO[C@@H]2c2ccn(-c3ccc(C)cc3)c2)cc1. The number of hydrogen-bond donors (Lipinski definition) is 0. The minimum absolute atomic E-state index is 0.0352. The molecule has 0 bridgehead atoms. The van der Waals surface area contributed by atoms with E-state index in [0.717, 1.165) is 19.7 Å². The summed E-state index contributed by atoms with van der Waals surface area (Å²) >= 11 is 0. The molecule has 1 aliphatic rings. The standard InChI is InChI=1S/C22H24N2O/c1-17-3-7-19(8-4-17)15-24-13-14-25-22(24)20-11-12-23(16-20)21-9-5-18(2)6-10-21/h3-12,16,22H,13-15H2,1-2H3/t22-/m1/s1. The molecule has 2 aromatic carbocycles. The van der Waals surface area contributed by atoms with Gasteiger partial charge >= 0.3 is 0 Å². The van der Waals surface area contributed by atoms with Gasteiger partial charge in [-0.15, -0.1) is 0 Å². The lowest BCUT2D eigenvalue weighted by atomic mass is 10.1. The van der Waals surface area contributed by atoms with Gasteiger partial charge in [0.05, 0.1) is 6.61 Å². The van der Waals surface area contributed by atoms with Gasteiger partial charge in [-0.25, -0.2) is 0 Å². The monoisotopic (exact) mass is 332 g/mol. The van der Waals surface area contributed by atoms with Gasteiger partial charge in [0.1, 0.15) is 6.23 Å². The normalized spacial score (nSPS) is 17.9. The third-order valence-electron chi connectivity index (χ3n) is 4.83. The molecule has 1 fully saturated rings. The summed E-state index contributed by atoms with van der Waals surface area (Å²) in [6.45, 7) is 6.90. The van der Waals surface area contributed by atoms with Crippen molar-refractivity contribution in [2.24, 2.45) is 0 Å². The second kappa shape index (κ2) is 6.87. The fourth-order valence-corrected chi connectivity index (χ4v) is 3.34. The summed E-state index contributed by atoms with van der Waals surface area (Å²) in [5, 5.41) is 0. The van der Waals surface area contributed by atoms with E-state index in [2.05, 4.69) is 90.3 Å². The summed E-state index contributed by atoms with van der Waals surface area (Å²) in [5.74, 6) is 0. The van der Waals surface area contributed by atoms with Crippen molar-refractivity contribution in [3.63, 3.8) is 0 Å². The van der Waals surface area contributed by atoms with Crippen LogP contribution in [0.25, 0.3) is 5.69 Å². The summed E-state index contributed by atoms with van der Waals surface area (Å²) in [4.78, 5) is 2.40. The maximum absolute atomic E-state index is 6.03. The maximum atomic E-state index is 6.03. The molecule has 0 aliphatic carbocycles. The highest BCUT2D eigenvalue weighted by atomic mass is 16.5. The van der Waals surface area contributed by atoms with Crippen molar-refractivity contribution in [1.82, 2.24) is 9.47 Å². The third-order valence-corrected chi connectivity index (χ3v) is 4.83. The molecule has 25 heavy (non-hydrogen) atoms. The number of nitrogens with zero attached hydrogens (tertiary/aromatic N) is 2. The lowest BCUT2D eigenvalue weighted by molar-refractivity contribution is 0.0288. The van der Waals surface area contributed by atoms with E-state index in [1.54, 1.807) is 0 Å². The van der Waals surface area contributed by atoms with Crippen LogP contribution in [0.2, 0.25) is 0 Å². The molecule has 2 heterocycles. The van der Waals surface area contributed by atoms with E-state index < -0.39 is 0 Å². The smallest absolute Gasteiger partial charge is 0.138 e. The zero-order chi connectivity index (χ0) is 17.2. The lowest BCUT2D eigenvalue weighted by Crippen LogP contribution is -2.23. The van der Waals surface area contributed by atoms with Crippen LogP contribution in [0.5, 0.6) is 0 Å². The Bertz CT molecular complexity index is 833. The van der Waals surface area contributed by atoms with E-state index >= 15 is 0 Å². The van der Waals surface area contributed by atoms with Crippen LogP contribution >= 0.6 is 0 Å². The zero-order valence-corrected chi connectivity index (χ0v) is 14.9. The first-order valence-corrected chi connectivity index (χ1v) is 8.85. The average molecular weight is 332 g/mol. The molecule has 3 aromatic rings. The van der Waals surface area contributed by atoms with Gasteiger partial charge in [0, 0.05) is 36.7 Å².